The maximum Gasteiger partial charge on any atom is 0.148 e. The van der Waals surface area contributed by atoms with Crippen LogP contribution in [-0.2, 0) is 4.57 Å². The van der Waals surface area contributed by atoms with Gasteiger partial charge in [0.1, 0.15) is 7.14 Å². The summed E-state index contributed by atoms with van der Waals surface area (Å²) in [5, 5.41) is 21.3. The lowest BCUT2D eigenvalue weighted by atomic mass is 10.1. The number of benzene rings is 2. The third-order valence-electron chi connectivity index (χ3n) is 4.03. The van der Waals surface area contributed by atoms with Gasteiger partial charge in [-0.25, -0.2) is 0 Å². The highest BCUT2D eigenvalue weighted by atomic mass is 31.2. The van der Waals surface area contributed by atoms with Gasteiger partial charge in [-0.3, -0.25) is 0 Å². The molecule has 118 valence electrons. The molecule has 2 aromatic carbocycles. The zero-order chi connectivity index (χ0) is 16.0. The lowest BCUT2D eigenvalue weighted by Crippen LogP contribution is -2.35. The van der Waals surface area contributed by atoms with Gasteiger partial charge < -0.3 is 14.8 Å². The number of aliphatic hydroxyl groups is 2. The van der Waals surface area contributed by atoms with Crippen molar-refractivity contribution >= 4 is 17.8 Å². The Morgan fingerprint density at radius 3 is 1.77 bits per heavy atom. The molecule has 0 saturated carbocycles. The van der Waals surface area contributed by atoms with Crippen LogP contribution < -0.4 is 10.6 Å². The maximum atomic E-state index is 14.0. The third-order valence-corrected chi connectivity index (χ3v) is 7.70. The molecule has 0 aliphatic heterocycles. The summed E-state index contributed by atoms with van der Waals surface area (Å²) >= 11 is 0. The van der Waals surface area contributed by atoms with E-state index < -0.39 is 18.9 Å². The molecule has 0 saturated heterocycles. The van der Waals surface area contributed by atoms with Crippen molar-refractivity contribution in [2.45, 2.75) is 31.5 Å². The summed E-state index contributed by atoms with van der Waals surface area (Å²) in [6.45, 7) is 1.78. The first-order valence-electron chi connectivity index (χ1n) is 7.64. The molecular weight excluding hydrogens is 295 g/mol. The lowest BCUT2D eigenvalue weighted by molar-refractivity contribution is 0.149. The van der Waals surface area contributed by atoms with Crippen molar-refractivity contribution in [3.8, 4) is 0 Å². The highest BCUT2D eigenvalue weighted by Gasteiger charge is 2.39. The molecule has 0 aliphatic carbocycles. The first-order chi connectivity index (χ1) is 10.6. The Hall–Kier alpha value is -1.41. The van der Waals surface area contributed by atoms with Gasteiger partial charge in [0.15, 0.2) is 0 Å². The van der Waals surface area contributed by atoms with E-state index >= 15 is 0 Å². The molecule has 2 N–H and O–H groups in total. The van der Waals surface area contributed by atoms with Crippen molar-refractivity contribution in [1.82, 2.24) is 0 Å². The van der Waals surface area contributed by atoms with Crippen molar-refractivity contribution in [3.05, 3.63) is 60.7 Å². The zero-order valence-corrected chi connectivity index (χ0v) is 13.7. The highest BCUT2D eigenvalue weighted by molar-refractivity contribution is 7.79. The standard InChI is InChI=1S/C18H23O3P/c1-2-17(20)18(13-14-19)22(21,15-9-5-3-6-10-15)16-11-7-4-8-12-16/h3-12,17-20H,2,13-14H2,1H3/t17-,18-/m0/s1. The molecule has 22 heavy (non-hydrogen) atoms. The molecular formula is C18H23O3P. The van der Waals surface area contributed by atoms with Gasteiger partial charge in [0.05, 0.1) is 6.10 Å². The highest BCUT2D eigenvalue weighted by Crippen LogP contribution is 2.51. The van der Waals surface area contributed by atoms with Gasteiger partial charge >= 0.3 is 0 Å². The molecule has 0 radical (unpaired) electrons. The molecule has 0 bridgehead atoms. The Labute approximate surface area is 132 Å². The minimum atomic E-state index is -3.03. The summed E-state index contributed by atoms with van der Waals surface area (Å²) in [5.74, 6) is 0. The molecule has 3 nitrogen and oxygen atoms in total. The van der Waals surface area contributed by atoms with E-state index in [9.17, 15) is 14.8 Å². The van der Waals surface area contributed by atoms with Crippen LogP contribution in [-0.4, -0.2) is 28.6 Å². The van der Waals surface area contributed by atoms with E-state index in [1.807, 2.05) is 67.6 Å². The smallest absolute Gasteiger partial charge is 0.148 e. The number of hydrogen-bond acceptors (Lipinski definition) is 3. The average Bonchev–Trinajstić information content (AvgIpc) is 2.60. The van der Waals surface area contributed by atoms with Gasteiger partial charge in [-0.2, -0.15) is 0 Å². The van der Waals surface area contributed by atoms with E-state index in [-0.39, 0.29) is 6.61 Å². The van der Waals surface area contributed by atoms with Crippen LogP contribution in [0.15, 0.2) is 60.7 Å². The van der Waals surface area contributed by atoms with E-state index in [1.54, 1.807) is 0 Å². The second kappa shape index (κ2) is 7.73. The second-order valence-corrected chi connectivity index (χ2v) is 8.40. The van der Waals surface area contributed by atoms with Gasteiger partial charge in [0.25, 0.3) is 0 Å². The molecule has 0 fully saturated rings. The van der Waals surface area contributed by atoms with Crippen molar-refractivity contribution in [2.75, 3.05) is 6.61 Å². The maximum absolute atomic E-state index is 14.0. The monoisotopic (exact) mass is 318 g/mol. The van der Waals surface area contributed by atoms with Crippen molar-refractivity contribution in [2.24, 2.45) is 0 Å². The van der Waals surface area contributed by atoms with Gasteiger partial charge in [0.2, 0.25) is 0 Å². The van der Waals surface area contributed by atoms with Crippen LogP contribution in [0.4, 0.5) is 0 Å². The average molecular weight is 318 g/mol. The van der Waals surface area contributed by atoms with Crippen LogP contribution in [0.2, 0.25) is 0 Å². The van der Waals surface area contributed by atoms with Crippen molar-refractivity contribution < 1.29 is 14.8 Å². The van der Waals surface area contributed by atoms with Gasteiger partial charge in [-0.15, -0.1) is 0 Å². The molecule has 0 aliphatic rings. The van der Waals surface area contributed by atoms with Crippen LogP contribution in [0.1, 0.15) is 19.8 Å². The van der Waals surface area contributed by atoms with Crippen LogP contribution in [0.25, 0.3) is 0 Å². The molecule has 0 amide bonds. The summed E-state index contributed by atoms with van der Waals surface area (Å²) in [6.07, 6.45) is 0.114. The molecule has 2 atom stereocenters. The molecule has 4 heteroatoms. The fraction of sp³-hybridized carbons (Fsp3) is 0.333. The Kier molecular flexibility index (Phi) is 5.96. The second-order valence-electron chi connectivity index (χ2n) is 5.38. The molecule has 0 unspecified atom stereocenters. The number of hydrogen-bond donors (Lipinski definition) is 2. The van der Waals surface area contributed by atoms with Gasteiger partial charge in [0, 0.05) is 22.9 Å². The third kappa shape index (κ3) is 3.33. The summed E-state index contributed by atoms with van der Waals surface area (Å²) < 4.78 is 14.0. The van der Waals surface area contributed by atoms with E-state index in [4.69, 9.17) is 0 Å². The number of rotatable bonds is 7. The quantitative estimate of drug-likeness (QED) is 0.771. The minimum absolute atomic E-state index is 0.0919. The minimum Gasteiger partial charge on any atom is -0.396 e. The Balaban J connectivity index is 2.62. The first kappa shape index (κ1) is 17.0. The molecule has 0 spiro atoms. The van der Waals surface area contributed by atoms with Gasteiger partial charge in [-0.05, 0) is 12.8 Å². The molecule has 2 rings (SSSR count). The van der Waals surface area contributed by atoms with Crippen LogP contribution in [0.5, 0.6) is 0 Å². The molecule has 0 heterocycles. The first-order valence-corrected chi connectivity index (χ1v) is 9.42. The summed E-state index contributed by atoms with van der Waals surface area (Å²) in [7, 11) is -3.03. The normalized spacial score (nSPS) is 14.5. The molecule has 2 aromatic rings. The topological polar surface area (TPSA) is 57.5 Å². The van der Waals surface area contributed by atoms with Crippen LogP contribution in [0.3, 0.4) is 0 Å². The molecule has 0 aromatic heterocycles. The van der Waals surface area contributed by atoms with Gasteiger partial charge in [-0.1, -0.05) is 67.6 Å². The Morgan fingerprint density at radius 1 is 0.955 bits per heavy atom. The zero-order valence-electron chi connectivity index (χ0n) is 12.8. The summed E-state index contributed by atoms with van der Waals surface area (Å²) in [5.41, 5.74) is -0.479. The van der Waals surface area contributed by atoms with Crippen LogP contribution in [0, 0.1) is 0 Å². The summed E-state index contributed by atoms with van der Waals surface area (Å²) in [6, 6.07) is 18.6. The lowest BCUT2D eigenvalue weighted by Gasteiger charge is -2.31. The Bertz CT molecular complexity index is 569. The predicted molar refractivity (Wildman–Crippen MR) is 91.5 cm³/mol. The predicted octanol–water partition coefficient (Wildman–Crippen LogP) is 2.52. The van der Waals surface area contributed by atoms with E-state index in [1.165, 1.54) is 0 Å². The Morgan fingerprint density at radius 2 is 1.41 bits per heavy atom. The summed E-state index contributed by atoms with van der Waals surface area (Å²) in [4.78, 5) is 0. The SMILES string of the molecule is CC[C@H](O)[C@H](CCO)P(=O)(c1ccccc1)c1ccccc1. The fourth-order valence-corrected chi connectivity index (χ4v) is 6.32. The van der Waals surface area contributed by atoms with E-state index in [0.717, 1.165) is 10.6 Å². The van der Waals surface area contributed by atoms with Crippen molar-refractivity contribution in [1.29, 1.82) is 0 Å². The van der Waals surface area contributed by atoms with E-state index in [0.29, 0.717) is 12.8 Å². The fourth-order valence-electron chi connectivity index (χ4n) is 2.85. The van der Waals surface area contributed by atoms with Crippen molar-refractivity contribution in [3.63, 3.8) is 0 Å². The van der Waals surface area contributed by atoms with Crippen LogP contribution >= 0.6 is 7.14 Å². The number of aliphatic hydroxyl groups excluding tert-OH is 2. The van der Waals surface area contributed by atoms with E-state index in [2.05, 4.69) is 0 Å². The largest absolute Gasteiger partial charge is 0.396 e.